The van der Waals surface area contributed by atoms with Gasteiger partial charge in [-0.05, 0) is 18.1 Å². The molecule has 4 heteroatoms. The minimum atomic E-state index is -0.199. The molecular formula is C15H26N2O2. The first-order chi connectivity index (χ1) is 9.19. The highest BCUT2D eigenvalue weighted by Gasteiger charge is 2.13. The number of nitrogens with two attached hydrogens (primary N) is 1. The van der Waals surface area contributed by atoms with Crippen LogP contribution in [0.4, 0.5) is 0 Å². The van der Waals surface area contributed by atoms with Crippen LogP contribution in [0.15, 0.2) is 35.3 Å². The molecule has 1 rings (SSSR count). The molecule has 0 fully saturated rings. The summed E-state index contributed by atoms with van der Waals surface area (Å²) < 4.78 is 5.27. The zero-order chi connectivity index (χ0) is 14.7. The highest BCUT2D eigenvalue weighted by atomic mass is 16.5. The lowest BCUT2D eigenvalue weighted by Gasteiger charge is -2.14. The predicted molar refractivity (Wildman–Crippen MR) is 79.3 cm³/mol. The molecule has 0 atom stereocenters. The molecule has 3 N–H and O–H groups in total. The van der Waals surface area contributed by atoms with Crippen LogP contribution >= 0.6 is 0 Å². The summed E-state index contributed by atoms with van der Waals surface area (Å²) in [6.07, 6.45) is 7.99. The second-order valence-corrected chi connectivity index (χ2v) is 3.92. The fourth-order valence-corrected chi connectivity index (χ4v) is 1.68. The summed E-state index contributed by atoms with van der Waals surface area (Å²) in [7, 11) is 1.63. The van der Waals surface area contributed by atoms with Crippen LogP contribution in [0.3, 0.4) is 0 Å². The van der Waals surface area contributed by atoms with Crippen LogP contribution in [-0.4, -0.2) is 19.6 Å². The SMILES string of the molecule is CC.CCC/C1=C(\N)C(=O)NC/C=C\C=C(\OC)C1. The van der Waals surface area contributed by atoms with Crippen molar-refractivity contribution in [1.82, 2.24) is 5.32 Å². The van der Waals surface area contributed by atoms with Gasteiger partial charge in [0.15, 0.2) is 0 Å². The topological polar surface area (TPSA) is 64.4 Å². The molecule has 1 amide bonds. The van der Waals surface area contributed by atoms with Crippen LogP contribution < -0.4 is 11.1 Å². The summed E-state index contributed by atoms with van der Waals surface area (Å²) in [5.41, 5.74) is 7.14. The molecule has 0 aromatic rings. The van der Waals surface area contributed by atoms with Gasteiger partial charge in [-0.2, -0.15) is 0 Å². The number of amides is 1. The molecule has 4 nitrogen and oxygen atoms in total. The minimum absolute atomic E-state index is 0.199. The number of methoxy groups -OCH3 is 1. The second-order valence-electron chi connectivity index (χ2n) is 3.92. The monoisotopic (exact) mass is 266 g/mol. The molecule has 0 spiro atoms. The van der Waals surface area contributed by atoms with E-state index in [-0.39, 0.29) is 5.91 Å². The van der Waals surface area contributed by atoms with Gasteiger partial charge in [0.2, 0.25) is 0 Å². The van der Waals surface area contributed by atoms with Crippen molar-refractivity contribution >= 4 is 5.91 Å². The average molecular weight is 266 g/mol. The molecule has 0 unspecified atom stereocenters. The molecule has 0 radical (unpaired) electrons. The number of nitrogens with one attached hydrogen (secondary N) is 1. The van der Waals surface area contributed by atoms with Crippen molar-refractivity contribution in [2.45, 2.75) is 40.0 Å². The summed E-state index contributed by atoms with van der Waals surface area (Å²) in [5, 5.41) is 2.74. The Bertz CT molecular complexity index is 368. The van der Waals surface area contributed by atoms with Crippen molar-refractivity contribution in [2.24, 2.45) is 5.73 Å². The number of rotatable bonds is 3. The van der Waals surface area contributed by atoms with Crippen LogP contribution in [0.1, 0.15) is 40.0 Å². The minimum Gasteiger partial charge on any atom is -0.501 e. The standard InChI is InChI=1S/C13H20N2O2.C2H6/c1-3-6-10-9-11(17-2)7-4-5-8-15-13(16)12(10)14;1-2/h4-5,7H,3,6,8-9,14H2,1-2H3,(H,15,16);1-2H3/b5-4-,11-7+,12-10+;. The van der Waals surface area contributed by atoms with Crippen LogP contribution in [0.25, 0.3) is 0 Å². The molecule has 0 saturated carbocycles. The van der Waals surface area contributed by atoms with Gasteiger partial charge < -0.3 is 15.8 Å². The Morgan fingerprint density at radius 2 is 2.11 bits per heavy atom. The predicted octanol–water partition coefficient (Wildman–Crippen LogP) is 2.63. The van der Waals surface area contributed by atoms with E-state index in [0.29, 0.717) is 18.7 Å². The average Bonchev–Trinajstić information content (AvgIpc) is 2.45. The van der Waals surface area contributed by atoms with Crippen molar-refractivity contribution in [1.29, 1.82) is 0 Å². The molecule has 0 saturated heterocycles. The Morgan fingerprint density at radius 1 is 1.42 bits per heavy atom. The maximum absolute atomic E-state index is 11.7. The van der Waals surface area contributed by atoms with Crippen molar-refractivity contribution in [2.75, 3.05) is 13.7 Å². The van der Waals surface area contributed by atoms with Gasteiger partial charge in [-0.3, -0.25) is 4.79 Å². The Morgan fingerprint density at radius 3 is 2.68 bits per heavy atom. The van der Waals surface area contributed by atoms with Crippen molar-refractivity contribution in [3.63, 3.8) is 0 Å². The van der Waals surface area contributed by atoms with Crippen LogP contribution in [0, 0.1) is 0 Å². The van der Waals surface area contributed by atoms with E-state index in [1.165, 1.54) is 0 Å². The van der Waals surface area contributed by atoms with Gasteiger partial charge in [-0.25, -0.2) is 0 Å². The third kappa shape index (κ3) is 6.13. The van der Waals surface area contributed by atoms with Crippen molar-refractivity contribution < 1.29 is 9.53 Å². The lowest BCUT2D eigenvalue weighted by molar-refractivity contribution is -0.117. The first-order valence-electron chi connectivity index (χ1n) is 6.84. The number of carbonyl (C=O) groups is 1. The van der Waals surface area contributed by atoms with E-state index in [1.54, 1.807) is 7.11 Å². The molecule has 0 aliphatic carbocycles. The van der Waals surface area contributed by atoms with Crippen LogP contribution in [-0.2, 0) is 9.53 Å². The van der Waals surface area contributed by atoms with Crippen LogP contribution in [0.5, 0.6) is 0 Å². The normalized spacial score (nSPS) is 24.2. The van der Waals surface area contributed by atoms with Crippen molar-refractivity contribution in [3.8, 4) is 0 Å². The quantitative estimate of drug-likeness (QED) is 0.825. The van der Waals surface area contributed by atoms with Gasteiger partial charge in [-0.15, -0.1) is 0 Å². The van der Waals surface area contributed by atoms with Gasteiger partial charge in [0, 0.05) is 13.0 Å². The van der Waals surface area contributed by atoms with E-state index in [4.69, 9.17) is 10.5 Å². The maximum Gasteiger partial charge on any atom is 0.267 e. The highest BCUT2D eigenvalue weighted by molar-refractivity contribution is 5.93. The van der Waals surface area contributed by atoms with Gasteiger partial charge in [-0.1, -0.05) is 39.3 Å². The number of carbonyl (C=O) groups excluding carboxylic acids is 1. The molecule has 19 heavy (non-hydrogen) atoms. The molecule has 0 bridgehead atoms. The van der Waals surface area contributed by atoms with Gasteiger partial charge >= 0.3 is 0 Å². The number of hydrogen-bond acceptors (Lipinski definition) is 3. The zero-order valence-corrected chi connectivity index (χ0v) is 12.5. The lowest BCUT2D eigenvalue weighted by atomic mass is 10.0. The Hall–Kier alpha value is -1.71. The Balaban J connectivity index is 0.00000154. The number of ether oxygens (including phenoxy) is 1. The summed E-state index contributed by atoms with van der Waals surface area (Å²) >= 11 is 0. The highest BCUT2D eigenvalue weighted by Crippen LogP contribution is 2.19. The lowest BCUT2D eigenvalue weighted by Crippen LogP contribution is -2.30. The Kier molecular flexibility index (Phi) is 9.31. The fourth-order valence-electron chi connectivity index (χ4n) is 1.68. The van der Waals surface area contributed by atoms with E-state index < -0.39 is 0 Å². The van der Waals surface area contributed by atoms with Gasteiger partial charge in [0.1, 0.15) is 0 Å². The fraction of sp³-hybridized carbons (Fsp3) is 0.533. The molecule has 0 aromatic heterocycles. The van der Waals surface area contributed by atoms with E-state index >= 15 is 0 Å². The molecule has 1 aliphatic rings. The molecule has 0 aromatic carbocycles. The van der Waals surface area contributed by atoms with Crippen molar-refractivity contribution in [3.05, 3.63) is 35.3 Å². The molecule has 1 heterocycles. The molecule has 1 aliphatic heterocycles. The summed E-state index contributed by atoms with van der Waals surface area (Å²) in [6.45, 7) is 6.54. The Labute approximate surface area is 116 Å². The summed E-state index contributed by atoms with van der Waals surface area (Å²) in [6, 6.07) is 0. The largest absolute Gasteiger partial charge is 0.501 e. The smallest absolute Gasteiger partial charge is 0.267 e. The first kappa shape index (κ1) is 17.3. The summed E-state index contributed by atoms with van der Waals surface area (Å²) in [5.74, 6) is 0.623. The van der Waals surface area contributed by atoms with Gasteiger partial charge in [0.05, 0.1) is 18.6 Å². The third-order valence-corrected chi connectivity index (χ3v) is 2.63. The third-order valence-electron chi connectivity index (χ3n) is 2.63. The van der Waals surface area contributed by atoms with E-state index in [0.717, 1.165) is 24.2 Å². The number of hydrogen-bond donors (Lipinski definition) is 2. The van der Waals surface area contributed by atoms with E-state index in [1.807, 2.05) is 32.1 Å². The summed E-state index contributed by atoms with van der Waals surface area (Å²) in [4.78, 5) is 11.7. The molecular weight excluding hydrogens is 240 g/mol. The number of allylic oxidation sites excluding steroid dienone is 3. The van der Waals surface area contributed by atoms with Crippen LogP contribution in [0.2, 0.25) is 0 Å². The zero-order valence-electron chi connectivity index (χ0n) is 12.5. The van der Waals surface area contributed by atoms with Gasteiger partial charge in [0.25, 0.3) is 5.91 Å². The van der Waals surface area contributed by atoms with E-state index in [9.17, 15) is 4.79 Å². The maximum atomic E-state index is 11.7. The van der Waals surface area contributed by atoms with E-state index in [2.05, 4.69) is 12.2 Å². The first-order valence-corrected chi connectivity index (χ1v) is 6.84. The molecule has 108 valence electrons. The second kappa shape index (κ2) is 10.2.